The van der Waals surface area contributed by atoms with Gasteiger partial charge in [0.15, 0.2) is 9.84 Å². The van der Waals surface area contributed by atoms with Gasteiger partial charge in [-0.25, -0.2) is 8.42 Å². The Bertz CT molecular complexity index is 1230. The average molecular weight is 585 g/mol. The number of aliphatic hydroxyl groups excluding tert-OH is 1. The third kappa shape index (κ3) is 5.29. The molecule has 0 spiro atoms. The van der Waals surface area contributed by atoms with Gasteiger partial charge in [-0.15, -0.1) is 0 Å². The van der Waals surface area contributed by atoms with Gasteiger partial charge in [0.2, 0.25) is 0 Å². The monoisotopic (exact) mass is 584 g/mol. The van der Waals surface area contributed by atoms with Crippen molar-refractivity contribution in [3.63, 3.8) is 0 Å². The third-order valence-corrected chi connectivity index (χ3v) is 15.4. The topological polar surface area (TPSA) is 74.6 Å². The molecule has 3 fully saturated rings. The van der Waals surface area contributed by atoms with Crippen molar-refractivity contribution in [1.82, 2.24) is 0 Å². The molecule has 2 N–H and O–H groups in total. The van der Waals surface area contributed by atoms with E-state index in [1.165, 1.54) is 12.0 Å². The summed E-state index contributed by atoms with van der Waals surface area (Å²) in [5, 5.41) is 21.7. The van der Waals surface area contributed by atoms with Crippen LogP contribution in [0.15, 0.2) is 46.9 Å². The van der Waals surface area contributed by atoms with Crippen molar-refractivity contribution in [3.05, 3.63) is 42.0 Å². The summed E-state index contributed by atoms with van der Waals surface area (Å²) >= 11 is 0. The smallest absolute Gasteiger partial charge is 0.181 e. The van der Waals surface area contributed by atoms with E-state index in [1.807, 2.05) is 26.8 Å². The summed E-state index contributed by atoms with van der Waals surface area (Å²) < 4.78 is 28.5. The number of aliphatic hydroxyl groups is 2. The van der Waals surface area contributed by atoms with Crippen LogP contribution in [0.25, 0.3) is 0 Å². The van der Waals surface area contributed by atoms with Crippen molar-refractivity contribution < 1.29 is 18.6 Å². The lowest BCUT2D eigenvalue weighted by Gasteiger charge is -2.61. The fraction of sp³-hybridized carbons (Fsp3) is 0.778. The lowest BCUT2D eigenvalue weighted by Crippen LogP contribution is -2.54. The Morgan fingerprint density at radius 2 is 1.68 bits per heavy atom. The zero-order valence-electron chi connectivity index (χ0n) is 26.7. The summed E-state index contributed by atoms with van der Waals surface area (Å²) in [4.78, 5) is 0.377. The van der Waals surface area contributed by atoms with Crippen LogP contribution in [0.5, 0.6) is 0 Å². The third-order valence-electron chi connectivity index (χ3n) is 13.1. The molecule has 10 atom stereocenters. The van der Waals surface area contributed by atoms with Crippen molar-refractivity contribution in [2.45, 2.75) is 135 Å². The van der Waals surface area contributed by atoms with Gasteiger partial charge in [-0.1, -0.05) is 78.3 Å². The molecule has 0 radical (unpaired) electrons. The minimum absolute atomic E-state index is 0.0451. The zero-order chi connectivity index (χ0) is 30.0. The first-order chi connectivity index (χ1) is 19.1. The largest absolute Gasteiger partial charge is 0.393 e. The Hall–Kier alpha value is -1.17. The number of rotatable bonds is 7. The molecule has 4 nitrogen and oxygen atoms in total. The minimum atomic E-state index is -3.62. The predicted octanol–water partition coefficient (Wildman–Crippen LogP) is 7.98. The summed E-state index contributed by atoms with van der Waals surface area (Å²) in [5.41, 5.74) is 0.916. The maximum Gasteiger partial charge on any atom is 0.181 e. The highest BCUT2D eigenvalue weighted by Gasteiger charge is 2.63. The SMILES string of the molecule is CC[C@]1(O)CC[C@H]2C(=CC[C@@]3(C)[C@@H]4CC[C@H]([C@H](C)C(CC(O)C(C)(C)C)S(=O)(=O)c5ccccc5)[C@@]4(C)CC[C@H]23)C1. The molecule has 4 aliphatic carbocycles. The lowest BCUT2D eigenvalue weighted by molar-refractivity contribution is -0.0962. The number of hydrogen-bond acceptors (Lipinski definition) is 4. The molecule has 2 unspecified atom stereocenters. The molecule has 3 saturated carbocycles. The van der Waals surface area contributed by atoms with Crippen LogP contribution < -0.4 is 0 Å². The Kier molecular flexibility index (Phi) is 8.21. The molecule has 0 amide bonds. The average Bonchev–Trinajstić information content (AvgIpc) is 3.29. The molecule has 0 bridgehead atoms. The van der Waals surface area contributed by atoms with Gasteiger partial charge in [0.25, 0.3) is 0 Å². The van der Waals surface area contributed by atoms with E-state index in [0.717, 1.165) is 51.4 Å². The number of benzene rings is 1. The lowest BCUT2D eigenvalue weighted by atomic mass is 9.44. The van der Waals surface area contributed by atoms with Gasteiger partial charge >= 0.3 is 0 Å². The second kappa shape index (κ2) is 10.8. The van der Waals surface area contributed by atoms with Gasteiger partial charge in [-0.2, -0.15) is 0 Å². The summed E-state index contributed by atoms with van der Waals surface area (Å²) in [5.74, 6) is 2.08. The number of fused-ring (bicyclic) bond motifs is 5. The minimum Gasteiger partial charge on any atom is -0.393 e. The molecule has 5 rings (SSSR count). The fourth-order valence-corrected chi connectivity index (χ4v) is 12.4. The van der Waals surface area contributed by atoms with E-state index < -0.39 is 26.8 Å². The summed E-state index contributed by atoms with van der Waals surface area (Å²) in [7, 11) is -3.62. The van der Waals surface area contributed by atoms with E-state index in [-0.39, 0.29) is 28.6 Å². The molecule has 0 aromatic heterocycles. The van der Waals surface area contributed by atoms with E-state index >= 15 is 0 Å². The van der Waals surface area contributed by atoms with Gasteiger partial charge in [0.05, 0.1) is 21.9 Å². The van der Waals surface area contributed by atoms with Crippen molar-refractivity contribution in [1.29, 1.82) is 0 Å². The Balaban J connectivity index is 1.45. The Morgan fingerprint density at radius 1 is 1.00 bits per heavy atom. The molecule has 1 aromatic rings. The van der Waals surface area contributed by atoms with Crippen molar-refractivity contribution in [2.24, 2.45) is 45.8 Å². The molecule has 4 aliphatic rings. The van der Waals surface area contributed by atoms with E-state index in [0.29, 0.717) is 28.6 Å². The van der Waals surface area contributed by atoms with Crippen molar-refractivity contribution >= 4 is 9.84 Å². The fourth-order valence-electron chi connectivity index (χ4n) is 10.4. The molecule has 0 heterocycles. The second-order valence-corrected chi connectivity index (χ2v) is 18.3. The second-order valence-electron chi connectivity index (χ2n) is 16.1. The zero-order valence-corrected chi connectivity index (χ0v) is 27.5. The number of hydrogen-bond donors (Lipinski definition) is 2. The molecule has 0 aliphatic heterocycles. The number of sulfone groups is 1. The maximum absolute atomic E-state index is 14.2. The van der Waals surface area contributed by atoms with Crippen LogP contribution in [0.2, 0.25) is 0 Å². The van der Waals surface area contributed by atoms with Crippen LogP contribution in [0.1, 0.15) is 113 Å². The predicted molar refractivity (Wildman–Crippen MR) is 167 cm³/mol. The standard InChI is InChI=1S/C36H56O4S/c1-8-36(38)21-17-27-25(23-36)16-19-35(7)29(27)18-20-34(6)28(14-15-31(34)35)24(2)30(22-32(37)33(3,4)5)41(39,40)26-12-10-9-11-13-26/h9-13,16,24,27-32,37-38H,8,14-15,17-23H2,1-7H3/t24-,27-,28+,29+,30?,31+,32?,34+,35+,36-/m0/s1. The van der Waals surface area contributed by atoms with Crippen LogP contribution in [-0.4, -0.2) is 35.6 Å². The van der Waals surface area contributed by atoms with Gasteiger partial charge in [0.1, 0.15) is 0 Å². The summed E-state index contributed by atoms with van der Waals surface area (Å²) in [6, 6.07) is 8.92. The number of allylic oxidation sites excluding steroid dienone is 1. The Labute approximate surface area is 250 Å². The highest BCUT2D eigenvalue weighted by Crippen LogP contribution is 2.70. The molecule has 5 heteroatoms. The molecular formula is C36H56O4S. The highest BCUT2D eigenvalue weighted by molar-refractivity contribution is 7.92. The first-order valence-electron chi connectivity index (χ1n) is 16.4. The van der Waals surface area contributed by atoms with Crippen LogP contribution >= 0.6 is 0 Å². The Morgan fingerprint density at radius 3 is 2.32 bits per heavy atom. The van der Waals surface area contributed by atoms with Gasteiger partial charge < -0.3 is 10.2 Å². The summed E-state index contributed by atoms with van der Waals surface area (Å²) in [6.45, 7) is 15.3. The van der Waals surface area contributed by atoms with Crippen LogP contribution in [0.4, 0.5) is 0 Å². The van der Waals surface area contributed by atoms with E-state index in [1.54, 1.807) is 24.3 Å². The normalized spacial score (nSPS) is 39.6. The van der Waals surface area contributed by atoms with Crippen LogP contribution in [-0.2, 0) is 9.84 Å². The van der Waals surface area contributed by atoms with Gasteiger partial charge in [-0.3, -0.25) is 0 Å². The van der Waals surface area contributed by atoms with E-state index in [9.17, 15) is 18.6 Å². The maximum atomic E-state index is 14.2. The van der Waals surface area contributed by atoms with Crippen molar-refractivity contribution in [3.8, 4) is 0 Å². The van der Waals surface area contributed by atoms with Gasteiger partial charge in [-0.05, 0) is 122 Å². The molecule has 0 saturated heterocycles. The van der Waals surface area contributed by atoms with Crippen LogP contribution in [0, 0.1) is 45.8 Å². The highest BCUT2D eigenvalue weighted by atomic mass is 32.2. The van der Waals surface area contributed by atoms with Gasteiger partial charge in [0, 0.05) is 0 Å². The first kappa shape index (κ1) is 31.3. The molecule has 230 valence electrons. The van der Waals surface area contributed by atoms with Crippen molar-refractivity contribution in [2.75, 3.05) is 0 Å². The quantitative estimate of drug-likeness (QED) is 0.319. The molecule has 41 heavy (non-hydrogen) atoms. The first-order valence-corrected chi connectivity index (χ1v) is 18.0. The van der Waals surface area contributed by atoms with E-state index in [2.05, 4.69) is 33.8 Å². The van der Waals surface area contributed by atoms with E-state index in [4.69, 9.17) is 0 Å². The molecular weight excluding hydrogens is 528 g/mol. The molecule has 1 aromatic carbocycles. The summed E-state index contributed by atoms with van der Waals surface area (Å²) in [6.07, 6.45) is 11.4. The van der Waals surface area contributed by atoms with Crippen LogP contribution in [0.3, 0.4) is 0 Å².